The van der Waals surface area contributed by atoms with Gasteiger partial charge in [-0.15, -0.1) is 0 Å². The molecule has 5 heteroatoms. The van der Waals surface area contributed by atoms with Gasteiger partial charge in [0.2, 0.25) is 0 Å². The molecule has 1 unspecified atom stereocenters. The zero-order valence-electron chi connectivity index (χ0n) is 11.0. The fourth-order valence-corrected chi connectivity index (χ4v) is 1.50. The summed E-state index contributed by atoms with van der Waals surface area (Å²) in [5.41, 5.74) is 0.358. The molecule has 0 aliphatic rings. The number of amides is 1. The Kier molecular flexibility index (Phi) is 5.09. The lowest BCUT2D eigenvalue weighted by molar-refractivity contribution is 0.0496. The molecule has 0 aliphatic carbocycles. The number of nitrogens with one attached hydrogen (secondary N) is 1. The van der Waals surface area contributed by atoms with Gasteiger partial charge in [0, 0.05) is 19.0 Å². The molecule has 0 saturated heterocycles. The summed E-state index contributed by atoms with van der Waals surface area (Å²) in [7, 11) is 0. The van der Waals surface area contributed by atoms with Crippen LogP contribution in [-0.4, -0.2) is 28.4 Å². The fourth-order valence-electron chi connectivity index (χ4n) is 1.50. The van der Waals surface area contributed by atoms with E-state index in [1.165, 1.54) is 0 Å². The fraction of sp³-hybridized carbons (Fsp3) is 0.538. The second-order valence-electron chi connectivity index (χ2n) is 4.99. The van der Waals surface area contributed by atoms with Crippen LogP contribution in [0.3, 0.4) is 0 Å². The van der Waals surface area contributed by atoms with Gasteiger partial charge in [-0.1, -0.05) is 0 Å². The molecule has 5 nitrogen and oxygen atoms in total. The summed E-state index contributed by atoms with van der Waals surface area (Å²) in [6.45, 7) is 5.41. The van der Waals surface area contributed by atoms with Gasteiger partial charge in [-0.25, -0.2) is 4.79 Å². The number of alkyl carbamates (subject to hydrolysis) is 1. The van der Waals surface area contributed by atoms with Crippen molar-refractivity contribution in [2.45, 2.75) is 38.8 Å². The van der Waals surface area contributed by atoms with Gasteiger partial charge >= 0.3 is 6.09 Å². The maximum Gasteiger partial charge on any atom is 0.408 e. The average Bonchev–Trinajstić information content (AvgIpc) is 2.27. The minimum Gasteiger partial charge on any atom is -0.444 e. The molecule has 0 radical (unpaired) electrons. The number of carbonyl (C=O) groups excluding carboxylic acids is 1. The summed E-state index contributed by atoms with van der Waals surface area (Å²) in [6.07, 6.45) is 3.24. The van der Waals surface area contributed by atoms with Crippen molar-refractivity contribution in [2.75, 3.05) is 6.61 Å². The third kappa shape index (κ3) is 5.14. The van der Waals surface area contributed by atoms with Gasteiger partial charge in [0.05, 0.1) is 6.04 Å². The van der Waals surface area contributed by atoms with Crippen molar-refractivity contribution in [3.63, 3.8) is 0 Å². The minimum absolute atomic E-state index is 0.0111. The number of aliphatic hydroxyl groups excluding tert-OH is 1. The number of rotatable bonds is 4. The summed E-state index contributed by atoms with van der Waals surface area (Å²) in [4.78, 5) is 15.6. The van der Waals surface area contributed by atoms with Gasteiger partial charge in [0.15, 0.2) is 0 Å². The van der Waals surface area contributed by atoms with Gasteiger partial charge in [-0.3, -0.25) is 4.98 Å². The lowest BCUT2D eigenvalue weighted by atomic mass is 10.1. The highest BCUT2D eigenvalue weighted by Gasteiger charge is 2.20. The Labute approximate surface area is 107 Å². The van der Waals surface area contributed by atoms with Crippen molar-refractivity contribution >= 4 is 6.09 Å². The van der Waals surface area contributed by atoms with Gasteiger partial charge in [0.25, 0.3) is 0 Å². The molecule has 1 aromatic rings. The van der Waals surface area contributed by atoms with E-state index in [1.807, 2.05) is 0 Å². The number of hydrogen-bond donors (Lipinski definition) is 2. The highest BCUT2D eigenvalue weighted by Crippen LogP contribution is 2.16. The van der Waals surface area contributed by atoms with Crippen molar-refractivity contribution in [3.8, 4) is 0 Å². The third-order valence-electron chi connectivity index (χ3n) is 2.22. The number of aromatic nitrogens is 1. The van der Waals surface area contributed by atoms with E-state index in [4.69, 9.17) is 9.84 Å². The molecule has 2 N–H and O–H groups in total. The molecule has 0 spiro atoms. The second kappa shape index (κ2) is 6.35. The molecule has 0 aromatic carbocycles. The van der Waals surface area contributed by atoms with E-state index in [1.54, 1.807) is 45.3 Å². The molecule has 1 atom stereocenters. The molecule has 100 valence electrons. The minimum atomic E-state index is -0.536. The molecule has 1 aromatic heterocycles. The topological polar surface area (TPSA) is 71.5 Å². The number of aliphatic hydroxyl groups is 1. The van der Waals surface area contributed by atoms with E-state index >= 15 is 0 Å². The van der Waals surface area contributed by atoms with Crippen LogP contribution in [0.5, 0.6) is 0 Å². The van der Waals surface area contributed by atoms with Crippen LogP contribution in [0.25, 0.3) is 0 Å². The smallest absolute Gasteiger partial charge is 0.408 e. The first kappa shape index (κ1) is 14.4. The summed E-state index contributed by atoms with van der Waals surface area (Å²) in [5.74, 6) is 0. The van der Waals surface area contributed by atoms with Gasteiger partial charge in [-0.05, 0) is 44.9 Å². The SMILES string of the molecule is CC(C)(C)OC(=O)NC(CCO)c1ccncc1. The van der Waals surface area contributed by atoms with Crippen molar-refractivity contribution in [3.05, 3.63) is 30.1 Å². The number of carbonyl (C=O) groups is 1. The summed E-state index contributed by atoms with van der Waals surface area (Å²) < 4.78 is 5.19. The van der Waals surface area contributed by atoms with E-state index in [0.29, 0.717) is 6.42 Å². The van der Waals surface area contributed by atoms with Crippen LogP contribution in [0.4, 0.5) is 4.79 Å². The number of hydrogen-bond acceptors (Lipinski definition) is 4. The quantitative estimate of drug-likeness (QED) is 0.860. The van der Waals surface area contributed by atoms with Crippen LogP contribution in [0.15, 0.2) is 24.5 Å². The Morgan fingerprint density at radius 2 is 2.06 bits per heavy atom. The van der Waals surface area contributed by atoms with E-state index in [-0.39, 0.29) is 12.6 Å². The number of nitrogens with zero attached hydrogens (tertiary/aromatic N) is 1. The second-order valence-corrected chi connectivity index (χ2v) is 4.99. The van der Waals surface area contributed by atoms with E-state index in [0.717, 1.165) is 5.56 Å². The standard InChI is InChI=1S/C13H20N2O3/c1-13(2,3)18-12(17)15-11(6-9-16)10-4-7-14-8-5-10/h4-5,7-8,11,16H,6,9H2,1-3H3,(H,15,17). The molecule has 0 bridgehead atoms. The third-order valence-corrected chi connectivity index (χ3v) is 2.22. The number of ether oxygens (including phenoxy) is 1. The zero-order chi connectivity index (χ0) is 13.6. The van der Waals surface area contributed by atoms with E-state index < -0.39 is 11.7 Å². The first-order chi connectivity index (χ1) is 8.42. The van der Waals surface area contributed by atoms with Gasteiger partial charge in [-0.2, -0.15) is 0 Å². The lowest BCUT2D eigenvalue weighted by Crippen LogP contribution is -2.35. The summed E-state index contributed by atoms with van der Waals surface area (Å²) >= 11 is 0. The monoisotopic (exact) mass is 252 g/mol. The predicted molar refractivity (Wildman–Crippen MR) is 68.1 cm³/mol. The molecule has 1 amide bonds. The predicted octanol–water partition coefficient (Wildman–Crippen LogP) is 2.03. The van der Waals surface area contributed by atoms with Crippen LogP contribution in [0, 0.1) is 0 Å². The maximum atomic E-state index is 11.7. The van der Waals surface area contributed by atoms with Crippen LogP contribution in [-0.2, 0) is 4.74 Å². The van der Waals surface area contributed by atoms with Gasteiger partial charge < -0.3 is 15.2 Å². The normalized spacial score (nSPS) is 12.9. The molecular weight excluding hydrogens is 232 g/mol. The average molecular weight is 252 g/mol. The van der Waals surface area contributed by atoms with Crippen LogP contribution < -0.4 is 5.32 Å². The highest BCUT2D eigenvalue weighted by atomic mass is 16.6. The van der Waals surface area contributed by atoms with Crippen LogP contribution in [0.2, 0.25) is 0 Å². The van der Waals surface area contributed by atoms with Crippen molar-refractivity contribution in [2.24, 2.45) is 0 Å². The molecular formula is C13H20N2O3. The molecule has 0 fully saturated rings. The lowest BCUT2D eigenvalue weighted by Gasteiger charge is -2.23. The molecule has 0 saturated carbocycles. The molecule has 1 heterocycles. The van der Waals surface area contributed by atoms with E-state index in [9.17, 15) is 4.79 Å². The first-order valence-electron chi connectivity index (χ1n) is 5.92. The Morgan fingerprint density at radius 1 is 1.44 bits per heavy atom. The van der Waals surface area contributed by atoms with Gasteiger partial charge in [0.1, 0.15) is 5.60 Å². The van der Waals surface area contributed by atoms with Crippen molar-refractivity contribution in [1.82, 2.24) is 10.3 Å². The van der Waals surface area contributed by atoms with Crippen molar-refractivity contribution < 1.29 is 14.6 Å². The maximum absolute atomic E-state index is 11.7. The Morgan fingerprint density at radius 3 is 2.56 bits per heavy atom. The molecule has 18 heavy (non-hydrogen) atoms. The van der Waals surface area contributed by atoms with Crippen LogP contribution >= 0.6 is 0 Å². The molecule has 0 aliphatic heterocycles. The first-order valence-corrected chi connectivity index (χ1v) is 5.92. The summed E-state index contributed by atoms with van der Waals surface area (Å²) in [6, 6.07) is 3.34. The Bertz CT molecular complexity index is 374. The molecule has 1 rings (SSSR count). The Hall–Kier alpha value is -1.62. The summed E-state index contributed by atoms with van der Waals surface area (Å²) in [5, 5.41) is 11.8. The van der Waals surface area contributed by atoms with Crippen molar-refractivity contribution in [1.29, 1.82) is 0 Å². The largest absolute Gasteiger partial charge is 0.444 e. The van der Waals surface area contributed by atoms with Crippen LogP contribution in [0.1, 0.15) is 38.8 Å². The van der Waals surface area contributed by atoms with E-state index in [2.05, 4.69) is 10.3 Å². The highest BCUT2D eigenvalue weighted by molar-refractivity contribution is 5.68. The zero-order valence-corrected chi connectivity index (χ0v) is 11.0. The Balaban J connectivity index is 2.67. The number of pyridine rings is 1.